The first-order chi connectivity index (χ1) is 17.6. The van der Waals surface area contributed by atoms with Crippen LogP contribution in [0.1, 0.15) is 41.0 Å². The van der Waals surface area contributed by atoms with Crippen LogP contribution < -0.4 is 10.2 Å². The number of amides is 1. The zero-order valence-electron chi connectivity index (χ0n) is 19.3. The average molecular weight is 515 g/mol. The second-order valence-corrected chi connectivity index (χ2v) is 10.5. The largest absolute Gasteiger partial charge is 0.469 e. The van der Waals surface area contributed by atoms with Gasteiger partial charge in [0.05, 0.1) is 30.1 Å². The van der Waals surface area contributed by atoms with Gasteiger partial charge in [0.2, 0.25) is 5.91 Å². The molecule has 1 amide bonds. The third-order valence-electron chi connectivity index (χ3n) is 6.79. The summed E-state index contributed by atoms with van der Waals surface area (Å²) in [5, 5.41) is 6.11. The number of para-hydroxylation sites is 2. The van der Waals surface area contributed by atoms with E-state index in [1.807, 2.05) is 78.2 Å². The van der Waals surface area contributed by atoms with Gasteiger partial charge in [-0.15, -0.1) is 11.3 Å². The van der Waals surface area contributed by atoms with Crippen LogP contribution in [0.4, 0.5) is 11.4 Å². The molecule has 0 spiro atoms. The van der Waals surface area contributed by atoms with Gasteiger partial charge in [-0.25, -0.2) is 0 Å². The molecule has 180 valence electrons. The second kappa shape index (κ2) is 9.45. The molecule has 1 aliphatic heterocycles. The average Bonchev–Trinajstić information content (AvgIpc) is 3.57. The lowest BCUT2D eigenvalue weighted by molar-refractivity contribution is -0.118. The Balaban J connectivity index is 1.53. The molecule has 1 aliphatic carbocycles. The van der Waals surface area contributed by atoms with Crippen molar-refractivity contribution in [2.45, 2.75) is 31.2 Å². The smallest absolute Gasteiger partial charge is 0.233 e. The van der Waals surface area contributed by atoms with E-state index in [2.05, 4.69) is 5.32 Å². The van der Waals surface area contributed by atoms with Crippen molar-refractivity contribution in [2.75, 3.05) is 10.2 Å². The number of fused-ring (bicyclic) bond motifs is 1. The zero-order valence-corrected chi connectivity index (χ0v) is 20.9. The fourth-order valence-electron chi connectivity index (χ4n) is 5.20. The summed E-state index contributed by atoms with van der Waals surface area (Å²) in [6.45, 7) is 0. The number of carbonyl (C=O) groups excluding carboxylic acids is 2. The summed E-state index contributed by atoms with van der Waals surface area (Å²) < 4.78 is 5.66. The number of benzene rings is 2. The van der Waals surface area contributed by atoms with Crippen molar-refractivity contribution in [3.05, 3.63) is 117 Å². The van der Waals surface area contributed by atoms with Gasteiger partial charge in [0.15, 0.2) is 5.78 Å². The highest BCUT2D eigenvalue weighted by molar-refractivity contribution is 7.10. The zero-order chi connectivity index (χ0) is 24.6. The number of anilines is 2. The number of carbonyl (C=O) groups is 2. The number of halogens is 1. The van der Waals surface area contributed by atoms with Crippen LogP contribution >= 0.6 is 22.9 Å². The number of allylic oxidation sites excluding steroid dienone is 1. The number of hydrogen-bond acceptors (Lipinski definition) is 5. The number of rotatable bonds is 4. The molecule has 0 unspecified atom stereocenters. The number of furan rings is 1. The van der Waals surface area contributed by atoms with Gasteiger partial charge in [0.25, 0.3) is 0 Å². The Labute approximate surface area is 218 Å². The summed E-state index contributed by atoms with van der Waals surface area (Å²) in [7, 11) is 0. The van der Waals surface area contributed by atoms with Gasteiger partial charge in [0.1, 0.15) is 5.76 Å². The van der Waals surface area contributed by atoms with Gasteiger partial charge >= 0.3 is 0 Å². The lowest BCUT2D eigenvalue weighted by atomic mass is 9.80. The topological polar surface area (TPSA) is 62.6 Å². The minimum Gasteiger partial charge on any atom is -0.469 e. The Hall–Kier alpha value is -3.61. The SMILES string of the molecule is O=C1C[C@H](c2ccco2)CC2=C1[C@@H](c1ccc(Cl)cc1)N(C(=O)Cc1cccs1)c1ccccc1N2. The Morgan fingerprint density at radius 2 is 1.86 bits per heavy atom. The van der Waals surface area contributed by atoms with Gasteiger partial charge in [0, 0.05) is 33.5 Å². The number of thiophene rings is 1. The molecule has 0 fully saturated rings. The molecule has 2 atom stereocenters. The number of nitrogens with one attached hydrogen (secondary N) is 1. The van der Waals surface area contributed by atoms with Gasteiger partial charge in [-0.2, -0.15) is 0 Å². The number of Topliss-reactive ketones (excluding diaryl/α,β-unsaturated/α-hetero) is 1. The molecule has 2 aromatic heterocycles. The Bertz CT molecular complexity index is 1440. The van der Waals surface area contributed by atoms with E-state index < -0.39 is 6.04 Å². The normalized spacial score (nSPS) is 19.4. The van der Waals surface area contributed by atoms with Crippen molar-refractivity contribution in [2.24, 2.45) is 0 Å². The van der Waals surface area contributed by atoms with E-state index in [0.717, 1.165) is 33.3 Å². The standard InChI is InChI=1S/C29H23ClN2O3S/c30-20-11-9-18(10-12-20)29-28-23(15-19(16-25(28)33)26-8-3-13-35-26)31-22-6-1-2-7-24(22)32(29)27(34)17-21-5-4-14-36-21/h1-14,19,29,31H,15-17H2/t19-,29-/m1/s1. The van der Waals surface area contributed by atoms with Crippen LogP contribution in [0.25, 0.3) is 0 Å². The van der Waals surface area contributed by atoms with Crippen LogP contribution in [0.3, 0.4) is 0 Å². The maximum Gasteiger partial charge on any atom is 0.233 e. The summed E-state index contributed by atoms with van der Waals surface area (Å²) in [6.07, 6.45) is 2.82. The van der Waals surface area contributed by atoms with Crippen LogP contribution in [0, 0.1) is 0 Å². The Kier molecular flexibility index (Phi) is 5.99. The molecule has 0 saturated heterocycles. The first-order valence-electron chi connectivity index (χ1n) is 11.8. The van der Waals surface area contributed by atoms with Crippen molar-refractivity contribution in [3.63, 3.8) is 0 Å². The maximum atomic E-state index is 14.0. The molecule has 0 bridgehead atoms. The summed E-state index contributed by atoms with van der Waals surface area (Å²) in [5.74, 6) is 0.668. The number of hydrogen-bond donors (Lipinski definition) is 1. The first kappa shape index (κ1) is 22.8. The van der Waals surface area contributed by atoms with Crippen LogP contribution in [-0.4, -0.2) is 11.7 Å². The highest BCUT2D eigenvalue weighted by Crippen LogP contribution is 2.47. The first-order valence-corrected chi connectivity index (χ1v) is 13.1. The molecule has 3 heterocycles. The monoisotopic (exact) mass is 514 g/mol. The summed E-state index contributed by atoms with van der Waals surface area (Å²) in [6, 6.07) is 22.3. The van der Waals surface area contributed by atoms with E-state index in [4.69, 9.17) is 16.0 Å². The fraction of sp³-hybridized carbons (Fsp3) is 0.172. The minimum absolute atomic E-state index is 0.00632. The van der Waals surface area contributed by atoms with Gasteiger partial charge in [-0.1, -0.05) is 41.9 Å². The van der Waals surface area contributed by atoms with Crippen LogP contribution in [-0.2, 0) is 16.0 Å². The molecule has 6 rings (SSSR count). The van der Waals surface area contributed by atoms with Crippen LogP contribution in [0.2, 0.25) is 5.02 Å². The highest BCUT2D eigenvalue weighted by atomic mass is 35.5. The minimum atomic E-state index is -0.578. The van der Waals surface area contributed by atoms with E-state index in [-0.39, 0.29) is 24.0 Å². The number of ketones is 1. The second-order valence-electron chi connectivity index (χ2n) is 9.05. The molecule has 2 aliphatic rings. The van der Waals surface area contributed by atoms with Crippen molar-refractivity contribution >= 4 is 46.0 Å². The maximum absolute atomic E-state index is 14.0. The third-order valence-corrected chi connectivity index (χ3v) is 7.92. The Morgan fingerprint density at radius 3 is 2.61 bits per heavy atom. The fourth-order valence-corrected chi connectivity index (χ4v) is 6.02. The lowest BCUT2D eigenvalue weighted by Crippen LogP contribution is -2.39. The van der Waals surface area contributed by atoms with Crippen LogP contribution in [0.5, 0.6) is 0 Å². The molecule has 0 radical (unpaired) electrons. The van der Waals surface area contributed by atoms with E-state index in [1.165, 1.54) is 0 Å². The van der Waals surface area contributed by atoms with Crippen LogP contribution in [0.15, 0.2) is 100 Å². The molecule has 7 heteroatoms. The summed E-state index contributed by atoms with van der Waals surface area (Å²) in [5.41, 5.74) is 3.83. The molecule has 5 nitrogen and oxygen atoms in total. The molecular formula is C29H23ClN2O3S. The van der Waals surface area contributed by atoms with Crippen molar-refractivity contribution in [3.8, 4) is 0 Å². The van der Waals surface area contributed by atoms with Crippen molar-refractivity contribution < 1.29 is 14.0 Å². The third kappa shape index (κ3) is 4.16. The molecule has 0 saturated carbocycles. The molecular weight excluding hydrogens is 492 g/mol. The summed E-state index contributed by atoms with van der Waals surface area (Å²) in [4.78, 5) is 30.6. The molecule has 4 aromatic rings. The van der Waals surface area contributed by atoms with E-state index in [0.29, 0.717) is 23.4 Å². The van der Waals surface area contributed by atoms with E-state index in [1.54, 1.807) is 22.5 Å². The molecule has 2 aromatic carbocycles. The summed E-state index contributed by atoms with van der Waals surface area (Å²) >= 11 is 7.77. The Morgan fingerprint density at radius 1 is 1.03 bits per heavy atom. The van der Waals surface area contributed by atoms with E-state index >= 15 is 0 Å². The van der Waals surface area contributed by atoms with Gasteiger partial charge in [-0.3, -0.25) is 14.5 Å². The number of nitrogens with zero attached hydrogens (tertiary/aromatic N) is 1. The van der Waals surface area contributed by atoms with E-state index in [9.17, 15) is 9.59 Å². The molecule has 1 N–H and O–H groups in total. The quantitative estimate of drug-likeness (QED) is 0.314. The van der Waals surface area contributed by atoms with Gasteiger partial charge < -0.3 is 9.73 Å². The predicted octanol–water partition coefficient (Wildman–Crippen LogP) is 7.14. The predicted molar refractivity (Wildman–Crippen MR) is 142 cm³/mol. The van der Waals surface area contributed by atoms with Crippen molar-refractivity contribution in [1.82, 2.24) is 0 Å². The lowest BCUT2D eigenvalue weighted by Gasteiger charge is -2.35. The van der Waals surface area contributed by atoms with Gasteiger partial charge in [-0.05, 0) is 59.8 Å². The molecule has 36 heavy (non-hydrogen) atoms. The highest BCUT2D eigenvalue weighted by Gasteiger charge is 2.42. The van der Waals surface area contributed by atoms with Crippen molar-refractivity contribution in [1.29, 1.82) is 0 Å².